The van der Waals surface area contributed by atoms with Gasteiger partial charge in [-0.1, -0.05) is 29.8 Å². The molecule has 110 valence electrons. The molecule has 2 aromatic rings. The van der Waals surface area contributed by atoms with E-state index in [0.717, 1.165) is 5.56 Å². The number of nitrogens with two attached hydrogens (primary N) is 1. The van der Waals surface area contributed by atoms with Crippen molar-refractivity contribution < 1.29 is 9.53 Å². The van der Waals surface area contributed by atoms with Crippen molar-refractivity contribution in [1.82, 2.24) is 0 Å². The van der Waals surface area contributed by atoms with Crippen molar-refractivity contribution >= 4 is 28.9 Å². The summed E-state index contributed by atoms with van der Waals surface area (Å²) in [5, 5.41) is 3.45. The highest BCUT2D eigenvalue weighted by Crippen LogP contribution is 2.13. The van der Waals surface area contributed by atoms with Gasteiger partial charge in [0.05, 0.1) is 19.6 Å². The Morgan fingerprint density at radius 1 is 1.19 bits per heavy atom. The molecule has 0 atom stereocenters. The van der Waals surface area contributed by atoms with Crippen LogP contribution in [0.1, 0.15) is 12.0 Å². The number of hydrogen-bond donors (Lipinski definition) is 2. The molecule has 0 heterocycles. The predicted octanol–water partition coefficient (Wildman–Crippen LogP) is 3.47. The maximum atomic E-state index is 11.7. The first kappa shape index (κ1) is 15.4. The first-order valence-corrected chi connectivity index (χ1v) is 6.99. The van der Waals surface area contributed by atoms with Gasteiger partial charge in [-0.3, -0.25) is 4.79 Å². The number of anilines is 2. The minimum atomic E-state index is -0.105. The molecule has 5 heteroatoms. The van der Waals surface area contributed by atoms with Crippen LogP contribution >= 0.6 is 11.6 Å². The van der Waals surface area contributed by atoms with E-state index < -0.39 is 0 Å². The van der Waals surface area contributed by atoms with Gasteiger partial charge < -0.3 is 15.8 Å². The summed E-state index contributed by atoms with van der Waals surface area (Å²) in [6.45, 7) is 0.785. The van der Waals surface area contributed by atoms with Gasteiger partial charge in [-0.25, -0.2) is 0 Å². The summed E-state index contributed by atoms with van der Waals surface area (Å²) in [6, 6.07) is 14.5. The quantitative estimate of drug-likeness (QED) is 0.634. The monoisotopic (exact) mass is 304 g/mol. The Hall–Kier alpha value is -2.04. The first-order chi connectivity index (χ1) is 10.1. The molecule has 0 spiro atoms. The maximum Gasteiger partial charge on any atom is 0.226 e. The lowest BCUT2D eigenvalue weighted by atomic mass is 10.2. The van der Waals surface area contributed by atoms with Crippen LogP contribution in [0.3, 0.4) is 0 Å². The van der Waals surface area contributed by atoms with Crippen LogP contribution in [0.2, 0.25) is 5.02 Å². The van der Waals surface area contributed by atoms with Crippen molar-refractivity contribution in [1.29, 1.82) is 0 Å². The van der Waals surface area contributed by atoms with Crippen molar-refractivity contribution in [2.75, 3.05) is 17.7 Å². The van der Waals surface area contributed by atoms with Crippen LogP contribution in [-0.2, 0) is 16.1 Å². The fourth-order valence-corrected chi connectivity index (χ4v) is 2.03. The maximum absolute atomic E-state index is 11.7. The normalized spacial score (nSPS) is 10.3. The highest BCUT2D eigenvalue weighted by molar-refractivity contribution is 6.30. The lowest BCUT2D eigenvalue weighted by Crippen LogP contribution is -2.14. The minimum absolute atomic E-state index is 0.105. The van der Waals surface area contributed by atoms with E-state index in [1.165, 1.54) is 0 Å². The zero-order valence-electron chi connectivity index (χ0n) is 11.5. The van der Waals surface area contributed by atoms with Gasteiger partial charge in [0, 0.05) is 16.4 Å². The Labute approximate surface area is 128 Å². The second-order valence-corrected chi connectivity index (χ2v) is 5.04. The van der Waals surface area contributed by atoms with Crippen LogP contribution in [0, 0.1) is 0 Å². The molecule has 0 unspecified atom stereocenters. The Kier molecular flexibility index (Phi) is 5.60. The lowest BCUT2D eigenvalue weighted by Gasteiger charge is -2.07. The largest absolute Gasteiger partial charge is 0.399 e. The molecule has 0 bridgehead atoms. The van der Waals surface area contributed by atoms with Gasteiger partial charge in [0.15, 0.2) is 0 Å². The molecule has 0 aliphatic heterocycles. The molecule has 0 fully saturated rings. The van der Waals surface area contributed by atoms with Gasteiger partial charge in [0.25, 0.3) is 0 Å². The van der Waals surface area contributed by atoms with E-state index in [1.807, 2.05) is 24.3 Å². The number of nitrogen functional groups attached to an aromatic ring is 1. The third kappa shape index (κ3) is 5.45. The number of carbonyl (C=O) groups is 1. The minimum Gasteiger partial charge on any atom is -0.399 e. The second-order valence-electron chi connectivity index (χ2n) is 4.61. The first-order valence-electron chi connectivity index (χ1n) is 6.61. The highest BCUT2D eigenvalue weighted by Gasteiger charge is 2.03. The summed E-state index contributed by atoms with van der Waals surface area (Å²) in [6.07, 6.45) is 0.287. The SMILES string of the molecule is Nc1cccc(NC(=O)CCOCc2cccc(Cl)c2)c1. The molecule has 0 aliphatic rings. The van der Waals surface area contributed by atoms with Crippen molar-refractivity contribution in [2.24, 2.45) is 0 Å². The average Bonchev–Trinajstić information content (AvgIpc) is 2.44. The van der Waals surface area contributed by atoms with E-state index in [0.29, 0.717) is 29.6 Å². The summed E-state index contributed by atoms with van der Waals surface area (Å²) >= 11 is 5.88. The van der Waals surface area contributed by atoms with Crippen molar-refractivity contribution in [3.8, 4) is 0 Å². The van der Waals surface area contributed by atoms with Gasteiger partial charge in [-0.2, -0.15) is 0 Å². The van der Waals surface area contributed by atoms with Crippen LogP contribution in [0.15, 0.2) is 48.5 Å². The molecule has 2 rings (SSSR count). The third-order valence-electron chi connectivity index (χ3n) is 2.80. The Bertz CT molecular complexity index is 617. The van der Waals surface area contributed by atoms with Crippen LogP contribution in [0.4, 0.5) is 11.4 Å². The molecule has 0 saturated heterocycles. The molecule has 3 N–H and O–H groups in total. The summed E-state index contributed by atoms with van der Waals surface area (Å²) < 4.78 is 5.46. The molecule has 2 aromatic carbocycles. The molecule has 21 heavy (non-hydrogen) atoms. The summed E-state index contributed by atoms with van der Waals surface area (Å²) in [5.41, 5.74) is 7.94. The Morgan fingerprint density at radius 3 is 2.76 bits per heavy atom. The van der Waals surface area contributed by atoms with Gasteiger partial charge in [-0.05, 0) is 35.9 Å². The number of ether oxygens (including phenoxy) is 1. The van der Waals surface area contributed by atoms with E-state index in [1.54, 1.807) is 24.3 Å². The van der Waals surface area contributed by atoms with Crippen molar-refractivity contribution in [3.05, 3.63) is 59.1 Å². The van der Waals surface area contributed by atoms with Crippen LogP contribution in [0.5, 0.6) is 0 Å². The van der Waals surface area contributed by atoms with Crippen LogP contribution in [0.25, 0.3) is 0 Å². The predicted molar refractivity (Wildman–Crippen MR) is 85.2 cm³/mol. The van der Waals surface area contributed by atoms with Gasteiger partial charge in [-0.15, -0.1) is 0 Å². The zero-order valence-corrected chi connectivity index (χ0v) is 12.3. The Morgan fingerprint density at radius 2 is 2.00 bits per heavy atom. The number of benzene rings is 2. The fraction of sp³-hybridized carbons (Fsp3) is 0.188. The molecule has 0 aliphatic carbocycles. The second kappa shape index (κ2) is 7.67. The van der Waals surface area contributed by atoms with Gasteiger partial charge in [0.2, 0.25) is 5.91 Å². The van der Waals surface area contributed by atoms with E-state index in [-0.39, 0.29) is 12.3 Å². The molecule has 4 nitrogen and oxygen atoms in total. The lowest BCUT2D eigenvalue weighted by molar-refractivity contribution is -0.117. The van der Waals surface area contributed by atoms with E-state index in [9.17, 15) is 4.79 Å². The van der Waals surface area contributed by atoms with Gasteiger partial charge in [0.1, 0.15) is 0 Å². The molecular weight excluding hydrogens is 288 g/mol. The average molecular weight is 305 g/mol. The molecular formula is C16H17ClN2O2. The smallest absolute Gasteiger partial charge is 0.226 e. The topological polar surface area (TPSA) is 64.3 Å². The van der Waals surface area contributed by atoms with Crippen molar-refractivity contribution in [2.45, 2.75) is 13.0 Å². The molecule has 0 radical (unpaired) electrons. The van der Waals surface area contributed by atoms with Crippen molar-refractivity contribution in [3.63, 3.8) is 0 Å². The Balaban J connectivity index is 1.70. The van der Waals surface area contributed by atoms with E-state index in [2.05, 4.69) is 5.32 Å². The molecule has 0 aromatic heterocycles. The van der Waals surface area contributed by atoms with Crippen LogP contribution < -0.4 is 11.1 Å². The highest BCUT2D eigenvalue weighted by atomic mass is 35.5. The van der Waals surface area contributed by atoms with E-state index in [4.69, 9.17) is 22.1 Å². The number of nitrogens with one attached hydrogen (secondary N) is 1. The van der Waals surface area contributed by atoms with E-state index >= 15 is 0 Å². The zero-order chi connectivity index (χ0) is 15.1. The number of carbonyl (C=O) groups excluding carboxylic acids is 1. The molecule has 1 amide bonds. The number of rotatable bonds is 6. The number of hydrogen-bond acceptors (Lipinski definition) is 3. The number of amides is 1. The number of halogens is 1. The summed E-state index contributed by atoms with van der Waals surface area (Å²) in [4.78, 5) is 11.7. The van der Waals surface area contributed by atoms with Crippen LogP contribution in [-0.4, -0.2) is 12.5 Å². The summed E-state index contributed by atoms with van der Waals surface area (Å²) in [7, 11) is 0. The fourth-order valence-electron chi connectivity index (χ4n) is 1.82. The standard InChI is InChI=1S/C16H17ClN2O2/c17-13-4-1-3-12(9-13)11-21-8-7-16(20)19-15-6-2-5-14(18)10-15/h1-6,9-10H,7-8,11,18H2,(H,19,20). The summed E-state index contributed by atoms with van der Waals surface area (Å²) in [5.74, 6) is -0.105. The molecule has 0 saturated carbocycles. The third-order valence-corrected chi connectivity index (χ3v) is 3.04. The van der Waals surface area contributed by atoms with Gasteiger partial charge >= 0.3 is 0 Å².